The van der Waals surface area contributed by atoms with Gasteiger partial charge in [-0.05, 0) is 30.9 Å². The van der Waals surface area contributed by atoms with Gasteiger partial charge in [0.2, 0.25) is 0 Å². The number of thioether (sulfide) groups is 1. The van der Waals surface area contributed by atoms with Crippen LogP contribution in [-0.4, -0.2) is 30.2 Å². The van der Waals surface area contributed by atoms with Crippen LogP contribution in [0.3, 0.4) is 0 Å². The molecule has 4 rings (SSSR count). The Morgan fingerprint density at radius 1 is 1.15 bits per heavy atom. The third-order valence-electron chi connectivity index (χ3n) is 3.82. The third-order valence-corrected chi connectivity index (χ3v) is 5.12. The summed E-state index contributed by atoms with van der Waals surface area (Å²) >= 11 is 1.88. The number of rotatable bonds is 2. The topological polar surface area (TPSA) is 42.9 Å². The average Bonchev–Trinajstić information content (AvgIpc) is 3.24. The fourth-order valence-electron chi connectivity index (χ4n) is 2.54. The Labute approximate surface area is 122 Å². The third kappa shape index (κ3) is 2.59. The van der Waals surface area contributed by atoms with E-state index in [4.69, 9.17) is 9.47 Å². The lowest BCUT2D eigenvalue weighted by atomic mass is 10.3. The number of hydrogen-bond donors (Lipinski definition) is 1. The van der Waals surface area contributed by atoms with Gasteiger partial charge in [-0.2, -0.15) is 0 Å². The van der Waals surface area contributed by atoms with Crippen LogP contribution in [0.4, 0.5) is 5.69 Å². The normalized spacial score (nSPS) is 25.0. The number of ether oxygens (including phenoxy) is 2. The molecular weight excluding hydrogens is 272 g/mol. The van der Waals surface area contributed by atoms with Crippen molar-refractivity contribution < 1.29 is 9.47 Å². The summed E-state index contributed by atoms with van der Waals surface area (Å²) in [5, 5.41) is 5.13. The molecule has 0 amide bonds. The Morgan fingerprint density at radius 2 is 2.00 bits per heavy atom. The monoisotopic (exact) mass is 290 g/mol. The number of benzene rings is 1. The quantitative estimate of drug-likeness (QED) is 0.908. The van der Waals surface area contributed by atoms with Gasteiger partial charge in [-0.1, -0.05) is 11.8 Å². The van der Waals surface area contributed by atoms with Crippen molar-refractivity contribution in [1.82, 2.24) is 0 Å². The molecule has 20 heavy (non-hydrogen) atoms. The smallest absolute Gasteiger partial charge is 0.163 e. The summed E-state index contributed by atoms with van der Waals surface area (Å²) in [6.45, 7) is 2.41. The predicted octanol–water partition coefficient (Wildman–Crippen LogP) is 3.14. The van der Waals surface area contributed by atoms with E-state index in [1.165, 1.54) is 12.8 Å². The van der Waals surface area contributed by atoms with Crippen molar-refractivity contribution in [2.75, 3.05) is 25.1 Å². The molecule has 2 heterocycles. The number of nitrogens with one attached hydrogen (secondary N) is 1. The SMILES string of the molecule is c1cc2c(cc1NC1=NCC(C3CC3)S1)OCCCO2. The van der Waals surface area contributed by atoms with Gasteiger partial charge in [0, 0.05) is 23.4 Å². The van der Waals surface area contributed by atoms with Gasteiger partial charge in [0.05, 0.1) is 19.8 Å². The number of hydrogen-bond acceptors (Lipinski definition) is 5. The first-order chi connectivity index (χ1) is 9.88. The summed E-state index contributed by atoms with van der Waals surface area (Å²) < 4.78 is 11.4. The molecule has 1 unspecified atom stereocenters. The fraction of sp³-hybridized carbons (Fsp3) is 0.533. The van der Waals surface area contributed by atoms with E-state index in [-0.39, 0.29) is 0 Å². The van der Waals surface area contributed by atoms with Crippen molar-refractivity contribution in [2.24, 2.45) is 10.9 Å². The van der Waals surface area contributed by atoms with E-state index < -0.39 is 0 Å². The van der Waals surface area contributed by atoms with Crippen LogP contribution in [0, 0.1) is 5.92 Å². The second-order valence-electron chi connectivity index (χ2n) is 5.48. The van der Waals surface area contributed by atoms with Crippen LogP contribution in [0.2, 0.25) is 0 Å². The van der Waals surface area contributed by atoms with Crippen molar-refractivity contribution in [3.05, 3.63) is 18.2 Å². The van der Waals surface area contributed by atoms with E-state index in [1.807, 2.05) is 30.0 Å². The number of nitrogens with zero attached hydrogens (tertiary/aromatic N) is 1. The number of aliphatic imine (C=N–C) groups is 1. The molecule has 0 spiro atoms. The van der Waals surface area contributed by atoms with Gasteiger partial charge >= 0.3 is 0 Å². The molecule has 1 aliphatic carbocycles. The summed E-state index contributed by atoms with van der Waals surface area (Å²) in [5.74, 6) is 2.56. The molecule has 0 aromatic heterocycles. The maximum atomic E-state index is 5.71. The summed E-state index contributed by atoms with van der Waals surface area (Å²) in [4.78, 5) is 4.60. The second-order valence-corrected chi connectivity index (χ2v) is 6.70. The molecule has 2 aliphatic heterocycles. The molecule has 1 aromatic rings. The number of anilines is 1. The first-order valence-corrected chi connectivity index (χ1v) is 8.14. The molecule has 1 fully saturated rings. The molecule has 106 valence electrons. The molecule has 0 radical (unpaired) electrons. The highest BCUT2D eigenvalue weighted by Crippen LogP contribution is 2.42. The summed E-state index contributed by atoms with van der Waals surface area (Å²) in [7, 11) is 0. The molecule has 1 atom stereocenters. The van der Waals surface area contributed by atoms with Crippen LogP contribution in [0.1, 0.15) is 19.3 Å². The minimum atomic E-state index is 0.693. The Balaban J connectivity index is 1.45. The van der Waals surface area contributed by atoms with Crippen molar-refractivity contribution in [2.45, 2.75) is 24.5 Å². The van der Waals surface area contributed by atoms with Crippen molar-refractivity contribution >= 4 is 22.6 Å². The van der Waals surface area contributed by atoms with E-state index in [0.29, 0.717) is 5.25 Å². The Bertz CT molecular complexity index is 543. The lowest BCUT2D eigenvalue weighted by Gasteiger charge is -2.11. The molecule has 0 saturated heterocycles. The van der Waals surface area contributed by atoms with Gasteiger partial charge in [-0.3, -0.25) is 4.99 Å². The van der Waals surface area contributed by atoms with Crippen LogP contribution in [0.15, 0.2) is 23.2 Å². The second kappa shape index (κ2) is 5.20. The van der Waals surface area contributed by atoms with Gasteiger partial charge in [0.25, 0.3) is 0 Å². The molecule has 4 nitrogen and oxygen atoms in total. The van der Waals surface area contributed by atoms with Crippen LogP contribution >= 0.6 is 11.8 Å². The van der Waals surface area contributed by atoms with E-state index in [1.54, 1.807) is 0 Å². The highest BCUT2D eigenvalue weighted by atomic mass is 32.2. The summed E-state index contributed by atoms with van der Waals surface area (Å²) in [6.07, 6.45) is 3.69. The molecule has 1 aromatic carbocycles. The largest absolute Gasteiger partial charge is 0.490 e. The molecule has 0 bridgehead atoms. The Morgan fingerprint density at radius 3 is 2.85 bits per heavy atom. The predicted molar refractivity (Wildman–Crippen MR) is 82.1 cm³/mol. The van der Waals surface area contributed by atoms with E-state index in [9.17, 15) is 0 Å². The zero-order valence-electron chi connectivity index (χ0n) is 11.3. The minimum Gasteiger partial charge on any atom is -0.490 e. The summed E-state index contributed by atoms with van der Waals surface area (Å²) in [5.41, 5.74) is 1.02. The van der Waals surface area contributed by atoms with Crippen LogP contribution in [0.5, 0.6) is 11.5 Å². The van der Waals surface area contributed by atoms with Gasteiger partial charge in [0.15, 0.2) is 16.7 Å². The maximum absolute atomic E-state index is 5.71. The molecule has 1 saturated carbocycles. The fourth-order valence-corrected chi connectivity index (χ4v) is 3.76. The van der Waals surface area contributed by atoms with Gasteiger partial charge < -0.3 is 14.8 Å². The zero-order chi connectivity index (χ0) is 13.4. The van der Waals surface area contributed by atoms with Crippen molar-refractivity contribution in [3.63, 3.8) is 0 Å². The summed E-state index contributed by atoms with van der Waals surface area (Å²) in [6, 6.07) is 6.01. The molecule has 3 aliphatic rings. The van der Waals surface area contributed by atoms with E-state index in [2.05, 4.69) is 10.3 Å². The Hall–Kier alpha value is -1.36. The molecule has 1 N–H and O–H groups in total. The maximum Gasteiger partial charge on any atom is 0.163 e. The van der Waals surface area contributed by atoms with Crippen LogP contribution in [-0.2, 0) is 0 Å². The van der Waals surface area contributed by atoms with Crippen LogP contribution in [0.25, 0.3) is 0 Å². The standard InChI is InChI=1S/C15H18N2O2S/c1-6-18-12-5-4-11(8-13(12)19-7-1)17-15-16-9-14(20-15)10-2-3-10/h4-5,8,10,14H,1-3,6-7,9H2,(H,16,17). The van der Waals surface area contributed by atoms with E-state index >= 15 is 0 Å². The first kappa shape index (κ1) is 12.4. The van der Waals surface area contributed by atoms with Gasteiger partial charge in [0.1, 0.15) is 0 Å². The average molecular weight is 290 g/mol. The first-order valence-electron chi connectivity index (χ1n) is 7.26. The zero-order valence-corrected chi connectivity index (χ0v) is 12.1. The van der Waals surface area contributed by atoms with Crippen molar-refractivity contribution in [1.29, 1.82) is 0 Å². The van der Waals surface area contributed by atoms with E-state index in [0.717, 1.165) is 54.5 Å². The van der Waals surface area contributed by atoms with Crippen molar-refractivity contribution in [3.8, 4) is 11.5 Å². The lowest BCUT2D eigenvalue weighted by Crippen LogP contribution is -2.09. The highest BCUT2D eigenvalue weighted by Gasteiger charge is 2.35. The number of amidine groups is 1. The lowest BCUT2D eigenvalue weighted by molar-refractivity contribution is 0.297. The molecule has 5 heteroatoms. The van der Waals surface area contributed by atoms with Gasteiger partial charge in [-0.25, -0.2) is 0 Å². The minimum absolute atomic E-state index is 0.693. The Kier molecular flexibility index (Phi) is 3.22. The van der Waals surface area contributed by atoms with Crippen LogP contribution < -0.4 is 14.8 Å². The highest BCUT2D eigenvalue weighted by molar-refractivity contribution is 8.15. The van der Waals surface area contributed by atoms with Gasteiger partial charge in [-0.15, -0.1) is 0 Å². The molecular formula is C15H18N2O2S. The number of fused-ring (bicyclic) bond motifs is 1.